The average Bonchev–Trinajstić information content (AvgIpc) is 3.05. The molecular formula is C20H31N7. The Labute approximate surface area is 161 Å². The van der Waals surface area contributed by atoms with Crippen molar-refractivity contribution in [1.82, 2.24) is 29.5 Å². The number of hydrogen-bond donors (Lipinski definition) is 1. The number of nitrogen functional groups attached to an aromatic ring is 1. The first kappa shape index (κ1) is 18.4. The number of likely N-dealkylation sites (tertiary alicyclic amines) is 2. The predicted octanol–water partition coefficient (Wildman–Crippen LogP) is 2.16. The summed E-state index contributed by atoms with van der Waals surface area (Å²) < 4.78 is 2.24. The Bertz CT molecular complexity index is 751. The number of nitrogens with two attached hydrogens (primary N) is 1. The van der Waals surface area contributed by atoms with Gasteiger partial charge in [0.2, 0.25) is 0 Å². The zero-order chi connectivity index (χ0) is 18.6. The lowest BCUT2D eigenvalue weighted by Gasteiger charge is -2.32. The van der Waals surface area contributed by atoms with Crippen molar-refractivity contribution in [3.05, 3.63) is 35.5 Å². The number of pyridine rings is 1. The summed E-state index contributed by atoms with van der Waals surface area (Å²) in [6, 6.07) is 4.04. The third kappa shape index (κ3) is 4.30. The van der Waals surface area contributed by atoms with Crippen molar-refractivity contribution in [2.24, 2.45) is 7.05 Å². The second-order valence-electron chi connectivity index (χ2n) is 7.99. The standard InChI is InChI=1S/C20H31N7/c1-25-18(15-26-10-3-2-4-11-26)23-24-20(25)17-8-6-12-27(14-17)13-16-7-5-9-22-19(16)21/h5,7,9,17H,2-4,6,8,10-15H2,1H3,(H2,21,22)/t17-/m0/s1. The van der Waals surface area contributed by atoms with Gasteiger partial charge in [0, 0.05) is 37.8 Å². The summed E-state index contributed by atoms with van der Waals surface area (Å²) in [5.41, 5.74) is 7.14. The molecule has 7 heteroatoms. The van der Waals surface area contributed by atoms with Gasteiger partial charge in [-0.1, -0.05) is 12.5 Å². The van der Waals surface area contributed by atoms with E-state index < -0.39 is 0 Å². The van der Waals surface area contributed by atoms with Crippen molar-refractivity contribution < 1.29 is 0 Å². The van der Waals surface area contributed by atoms with Crippen LogP contribution in [0.15, 0.2) is 18.3 Å². The molecule has 0 bridgehead atoms. The Morgan fingerprint density at radius 3 is 2.67 bits per heavy atom. The van der Waals surface area contributed by atoms with E-state index in [4.69, 9.17) is 5.73 Å². The Kier molecular flexibility index (Phi) is 5.69. The van der Waals surface area contributed by atoms with E-state index in [9.17, 15) is 0 Å². The van der Waals surface area contributed by atoms with Gasteiger partial charge in [0.1, 0.15) is 17.5 Å². The number of aromatic nitrogens is 4. The molecule has 0 radical (unpaired) electrons. The normalized spacial score (nSPS) is 22.2. The van der Waals surface area contributed by atoms with Gasteiger partial charge in [-0.2, -0.15) is 0 Å². The topological polar surface area (TPSA) is 76.1 Å². The average molecular weight is 370 g/mol. The molecule has 2 aromatic rings. The highest BCUT2D eigenvalue weighted by atomic mass is 15.3. The summed E-state index contributed by atoms with van der Waals surface area (Å²) in [7, 11) is 2.13. The maximum atomic E-state index is 6.03. The molecule has 0 saturated carbocycles. The van der Waals surface area contributed by atoms with Crippen molar-refractivity contribution in [3.8, 4) is 0 Å². The van der Waals surface area contributed by atoms with Crippen molar-refractivity contribution in [1.29, 1.82) is 0 Å². The lowest BCUT2D eigenvalue weighted by atomic mass is 9.96. The number of piperidine rings is 2. The third-order valence-electron chi connectivity index (χ3n) is 6.00. The smallest absolute Gasteiger partial charge is 0.146 e. The first-order valence-corrected chi connectivity index (χ1v) is 10.2. The molecule has 2 N–H and O–H groups in total. The van der Waals surface area contributed by atoms with Crippen molar-refractivity contribution in [2.45, 2.75) is 51.1 Å². The molecule has 7 nitrogen and oxygen atoms in total. The van der Waals surface area contributed by atoms with Gasteiger partial charge < -0.3 is 10.3 Å². The second-order valence-corrected chi connectivity index (χ2v) is 7.99. The van der Waals surface area contributed by atoms with Gasteiger partial charge in [-0.3, -0.25) is 9.80 Å². The molecule has 2 aromatic heterocycles. The van der Waals surface area contributed by atoms with Gasteiger partial charge in [0.05, 0.1) is 6.54 Å². The minimum Gasteiger partial charge on any atom is -0.383 e. The molecule has 4 heterocycles. The van der Waals surface area contributed by atoms with Crippen molar-refractivity contribution in [2.75, 3.05) is 31.9 Å². The minimum atomic E-state index is 0.434. The molecule has 27 heavy (non-hydrogen) atoms. The number of nitrogens with zero attached hydrogens (tertiary/aromatic N) is 6. The zero-order valence-corrected chi connectivity index (χ0v) is 16.3. The molecule has 0 aromatic carbocycles. The molecule has 0 aliphatic carbocycles. The van der Waals surface area contributed by atoms with Gasteiger partial charge in [-0.25, -0.2) is 4.98 Å². The van der Waals surface area contributed by atoms with E-state index in [1.54, 1.807) is 6.20 Å². The summed E-state index contributed by atoms with van der Waals surface area (Å²) in [5, 5.41) is 9.12. The fraction of sp³-hybridized carbons (Fsp3) is 0.650. The van der Waals surface area contributed by atoms with E-state index in [1.165, 1.54) is 45.2 Å². The Morgan fingerprint density at radius 1 is 1.04 bits per heavy atom. The molecule has 0 amide bonds. The first-order chi connectivity index (χ1) is 13.2. The van der Waals surface area contributed by atoms with Crippen LogP contribution in [0.4, 0.5) is 5.82 Å². The molecule has 2 aliphatic rings. The van der Waals surface area contributed by atoms with E-state index in [1.807, 2.05) is 6.07 Å². The van der Waals surface area contributed by atoms with Gasteiger partial charge in [0.15, 0.2) is 0 Å². The SMILES string of the molecule is Cn1c(CN2CCCCC2)nnc1[C@H]1CCCN(Cc2cccnc2N)C1. The largest absolute Gasteiger partial charge is 0.383 e. The molecule has 2 saturated heterocycles. The van der Waals surface area contributed by atoms with Crippen LogP contribution in [0, 0.1) is 0 Å². The highest BCUT2D eigenvalue weighted by molar-refractivity contribution is 5.38. The molecule has 2 aliphatic heterocycles. The van der Waals surface area contributed by atoms with Crippen LogP contribution in [0.2, 0.25) is 0 Å². The molecule has 146 valence electrons. The zero-order valence-electron chi connectivity index (χ0n) is 16.3. The third-order valence-corrected chi connectivity index (χ3v) is 6.00. The predicted molar refractivity (Wildman–Crippen MR) is 106 cm³/mol. The highest BCUT2D eigenvalue weighted by Crippen LogP contribution is 2.27. The minimum absolute atomic E-state index is 0.434. The summed E-state index contributed by atoms with van der Waals surface area (Å²) in [4.78, 5) is 9.20. The Morgan fingerprint density at radius 2 is 1.85 bits per heavy atom. The molecule has 2 fully saturated rings. The summed E-state index contributed by atoms with van der Waals surface area (Å²) in [6.07, 6.45) is 8.08. The molecule has 0 spiro atoms. The van der Waals surface area contributed by atoms with Gasteiger partial charge in [-0.05, 0) is 51.4 Å². The van der Waals surface area contributed by atoms with Gasteiger partial charge in [0.25, 0.3) is 0 Å². The summed E-state index contributed by atoms with van der Waals surface area (Å²) >= 11 is 0. The van der Waals surface area contributed by atoms with Crippen LogP contribution < -0.4 is 5.73 Å². The van der Waals surface area contributed by atoms with Crippen LogP contribution in [0.3, 0.4) is 0 Å². The molecule has 0 unspecified atom stereocenters. The van der Waals surface area contributed by atoms with E-state index in [0.717, 1.165) is 43.4 Å². The van der Waals surface area contributed by atoms with Crippen LogP contribution >= 0.6 is 0 Å². The Balaban J connectivity index is 1.41. The van der Waals surface area contributed by atoms with Crippen molar-refractivity contribution in [3.63, 3.8) is 0 Å². The van der Waals surface area contributed by atoms with E-state index in [-0.39, 0.29) is 0 Å². The first-order valence-electron chi connectivity index (χ1n) is 10.2. The fourth-order valence-electron chi connectivity index (χ4n) is 4.42. The van der Waals surface area contributed by atoms with Crippen LogP contribution in [0.25, 0.3) is 0 Å². The monoisotopic (exact) mass is 369 g/mol. The fourth-order valence-corrected chi connectivity index (χ4v) is 4.42. The Hall–Kier alpha value is -1.99. The van der Waals surface area contributed by atoms with Gasteiger partial charge in [-0.15, -0.1) is 10.2 Å². The molecule has 1 atom stereocenters. The summed E-state index contributed by atoms with van der Waals surface area (Å²) in [6.45, 7) is 6.26. The second kappa shape index (κ2) is 8.35. The van der Waals surface area contributed by atoms with Gasteiger partial charge >= 0.3 is 0 Å². The lowest BCUT2D eigenvalue weighted by molar-refractivity contribution is 0.194. The lowest BCUT2D eigenvalue weighted by Crippen LogP contribution is -2.35. The van der Waals surface area contributed by atoms with E-state index in [2.05, 4.69) is 42.7 Å². The van der Waals surface area contributed by atoms with Crippen LogP contribution in [0.1, 0.15) is 55.2 Å². The highest BCUT2D eigenvalue weighted by Gasteiger charge is 2.26. The maximum Gasteiger partial charge on any atom is 0.146 e. The number of anilines is 1. The van der Waals surface area contributed by atoms with Crippen molar-refractivity contribution >= 4 is 5.82 Å². The van der Waals surface area contributed by atoms with Crippen LogP contribution in [-0.2, 0) is 20.1 Å². The van der Waals surface area contributed by atoms with Crippen LogP contribution in [-0.4, -0.2) is 55.7 Å². The van der Waals surface area contributed by atoms with Crippen LogP contribution in [0.5, 0.6) is 0 Å². The number of rotatable bonds is 5. The maximum absolute atomic E-state index is 6.03. The number of hydrogen-bond acceptors (Lipinski definition) is 6. The van der Waals surface area contributed by atoms with E-state index >= 15 is 0 Å². The van der Waals surface area contributed by atoms with E-state index in [0.29, 0.717) is 11.7 Å². The molecule has 4 rings (SSSR count). The quantitative estimate of drug-likeness (QED) is 0.870. The summed E-state index contributed by atoms with van der Waals surface area (Å²) in [5.74, 6) is 3.30. The molecular weight excluding hydrogens is 338 g/mol.